The van der Waals surface area contributed by atoms with E-state index >= 15 is 0 Å². The number of rotatable bonds is 3. The Kier molecular flexibility index (Phi) is 5.47. The summed E-state index contributed by atoms with van der Waals surface area (Å²) in [6.07, 6.45) is 3.12. The smallest absolute Gasteiger partial charge is 0.260 e. The summed E-state index contributed by atoms with van der Waals surface area (Å²) in [5, 5.41) is 5.95. The Bertz CT molecular complexity index is 1400. The molecule has 0 radical (unpaired) electrons. The van der Waals surface area contributed by atoms with Crippen LogP contribution in [0.5, 0.6) is 0 Å². The van der Waals surface area contributed by atoms with E-state index in [0.717, 1.165) is 16.9 Å². The third-order valence-corrected chi connectivity index (χ3v) is 5.61. The molecule has 2 aromatic carbocycles. The van der Waals surface area contributed by atoms with Crippen molar-refractivity contribution in [3.05, 3.63) is 107 Å². The first-order chi connectivity index (χ1) is 16.5. The zero-order chi connectivity index (χ0) is 23.7. The fraction of sp³-hybridized carbons (Fsp3) is 0.0769. The van der Waals surface area contributed by atoms with Crippen molar-refractivity contribution in [1.82, 2.24) is 9.97 Å². The van der Waals surface area contributed by atoms with Crippen LogP contribution in [-0.4, -0.2) is 21.8 Å². The minimum Gasteiger partial charge on any atom is -0.338 e. The quantitative estimate of drug-likeness (QED) is 0.452. The van der Waals surface area contributed by atoms with Crippen molar-refractivity contribution in [3.63, 3.8) is 0 Å². The molecule has 7 nitrogen and oxygen atoms in total. The Labute approximate surface area is 195 Å². The summed E-state index contributed by atoms with van der Waals surface area (Å²) >= 11 is 0. The number of carbonyl (C=O) groups excluding carboxylic acids is 2. The molecule has 3 heterocycles. The molecule has 0 aliphatic carbocycles. The number of pyridine rings is 2. The number of amides is 2. The number of aryl methyl sites for hydroxylation is 1. The fourth-order valence-corrected chi connectivity index (χ4v) is 3.83. The zero-order valence-corrected chi connectivity index (χ0v) is 18.2. The van der Waals surface area contributed by atoms with Crippen molar-refractivity contribution < 1.29 is 14.0 Å². The summed E-state index contributed by atoms with van der Waals surface area (Å²) in [5.74, 6) is -0.238. The summed E-state index contributed by atoms with van der Waals surface area (Å²) < 4.78 is 13.5. The standard InChI is InChI=1S/C26H20FN5O2/c1-16-8-10-19(27)13-20(16)25(33)31-23-11-9-17(14-29-23)26(34)32-15-18-5-4-12-28-24(18)30-21-6-2-3-7-22(21)32/h2-14H,15H2,1H3,(H,28,30)(H,29,31,33). The Morgan fingerprint density at radius 2 is 1.88 bits per heavy atom. The molecule has 0 saturated carbocycles. The predicted octanol–water partition coefficient (Wildman–Crippen LogP) is 5.08. The van der Waals surface area contributed by atoms with Gasteiger partial charge in [0.1, 0.15) is 17.5 Å². The second-order valence-electron chi connectivity index (χ2n) is 7.89. The van der Waals surface area contributed by atoms with E-state index in [0.29, 0.717) is 23.5 Å². The van der Waals surface area contributed by atoms with E-state index in [-0.39, 0.29) is 17.3 Å². The fourth-order valence-electron chi connectivity index (χ4n) is 3.83. The molecular formula is C26H20FN5O2. The predicted molar refractivity (Wildman–Crippen MR) is 128 cm³/mol. The summed E-state index contributed by atoms with van der Waals surface area (Å²) in [4.78, 5) is 36.3. The van der Waals surface area contributed by atoms with E-state index in [2.05, 4.69) is 20.6 Å². The van der Waals surface area contributed by atoms with Gasteiger partial charge in [0.25, 0.3) is 11.8 Å². The number of carbonyl (C=O) groups is 2. The number of para-hydroxylation sites is 2. The van der Waals surface area contributed by atoms with Gasteiger partial charge < -0.3 is 15.5 Å². The van der Waals surface area contributed by atoms with Crippen molar-refractivity contribution in [2.24, 2.45) is 0 Å². The van der Waals surface area contributed by atoms with Crippen LogP contribution in [0.3, 0.4) is 0 Å². The molecule has 0 saturated heterocycles. The highest BCUT2D eigenvalue weighted by Gasteiger charge is 2.25. The number of anilines is 4. The van der Waals surface area contributed by atoms with Crippen molar-refractivity contribution in [1.29, 1.82) is 0 Å². The number of halogens is 1. The molecule has 2 N–H and O–H groups in total. The summed E-state index contributed by atoms with van der Waals surface area (Å²) in [5.41, 5.74) is 3.62. The van der Waals surface area contributed by atoms with E-state index in [9.17, 15) is 14.0 Å². The van der Waals surface area contributed by atoms with Gasteiger partial charge in [-0.2, -0.15) is 0 Å². The molecule has 4 aromatic rings. The number of hydrogen-bond donors (Lipinski definition) is 2. The van der Waals surface area contributed by atoms with Crippen molar-refractivity contribution >= 4 is 34.8 Å². The van der Waals surface area contributed by atoms with Crippen LogP contribution < -0.4 is 15.5 Å². The topological polar surface area (TPSA) is 87.2 Å². The molecule has 8 heteroatoms. The Balaban J connectivity index is 1.40. The highest BCUT2D eigenvalue weighted by Crippen LogP contribution is 2.35. The van der Waals surface area contributed by atoms with Gasteiger partial charge in [0, 0.05) is 23.5 Å². The van der Waals surface area contributed by atoms with Gasteiger partial charge in [0.15, 0.2) is 0 Å². The number of benzene rings is 2. The number of fused-ring (bicyclic) bond motifs is 2. The van der Waals surface area contributed by atoms with E-state index in [1.165, 1.54) is 18.3 Å². The average Bonchev–Trinajstić information content (AvgIpc) is 3.02. The van der Waals surface area contributed by atoms with E-state index in [1.807, 2.05) is 36.4 Å². The van der Waals surface area contributed by atoms with Gasteiger partial charge in [-0.1, -0.05) is 24.3 Å². The van der Waals surface area contributed by atoms with Crippen LogP contribution >= 0.6 is 0 Å². The molecule has 0 bridgehead atoms. The molecule has 34 heavy (non-hydrogen) atoms. The van der Waals surface area contributed by atoms with Crippen LogP contribution in [0.25, 0.3) is 0 Å². The van der Waals surface area contributed by atoms with Crippen LogP contribution in [0.1, 0.15) is 31.8 Å². The maximum Gasteiger partial charge on any atom is 0.260 e. The minimum atomic E-state index is -0.492. The SMILES string of the molecule is Cc1ccc(F)cc1C(=O)Nc1ccc(C(=O)N2Cc3cccnc3Nc3ccccc32)cn1. The lowest BCUT2D eigenvalue weighted by atomic mass is 10.1. The second-order valence-corrected chi connectivity index (χ2v) is 7.89. The van der Waals surface area contributed by atoms with Gasteiger partial charge in [-0.25, -0.2) is 14.4 Å². The first-order valence-electron chi connectivity index (χ1n) is 10.6. The molecule has 1 aliphatic rings. The molecule has 168 valence electrons. The monoisotopic (exact) mass is 453 g/mol. The maximum atomic E-state index is 13.5. The lowest BCUT2D eigenvalue weighted by Gasteiger charge is -2.22. The van der Waals surface area contributed by atoms with Gasteiger partial charge in [-0.05, 0) is 55.0 Å². The zero-order valence-electron chi connectivity index (χ0n) is 18.2. The number of hydrogen-bond acceptors (Lipinski definition) is 5. The van der Waals surface area contributed by atoms with Gasteiger partial charge in [-0.15, -0.1) is 0 Å². The van der Waals surface area contributed by atoms with Crippen molar-refractivity contribution in [2.45, 2.75) is 13.5 Å². The summed E-state index contributed by atoms with van der Waals surface area (Å²) in [6.45, 7) is 2.06. The number of aromatic nitrogens is 2. The van der Waals surface area contributed by atoms with Crippen molar-refractivity contribution in [3.8, 4) is 0 Å². The van der Waals surface area contributed by atoms with Gasteiger partial charge in [-0.3, -0.25) is 9.59 Å². The van der Waals surface area contributed by atoms with Gasteiger partial charge in [0.2, 0.25) is 0 Å². The highest BCUT2D eigenvalue weighted by molar-refractivity contribution is 6.09. The summed E-state index contributed by atoms with van der Waals surface area (Å²) in [7, 11) is 0. The lowest BCUT2D eigenvalue weighted by Crippen LogP contribution is -2.30. The molecule has 0 unspecified atom stereocenters. The first kappa shape index (κ1) is 21.3. The Morgan fingerprint density at radius 1 is 1.03 bits per heavy atom. The van der Waals surface area contributed by atoms with Crippen molar-refractivity contribution in [2.75, 3.05) is 15.5 Å². The molecule has 1 aliphatic heterocycles. The highest BCUT2D eigenvalue weighted by atomic mass is 19.1. The average molecular weight is 453 g/mol. The molecule has 2 aromatic heterocycles. The normalized spacial score (nSPS) is 12.1. The molecule has 0 spiro atoms. The molecule has 0 fully saturated rings. The summed E-state index contributed by atoms with van der Waals surface area (Å²) in [6, 6.07) is 18.5. The van der Waals surface area contributed by atoms with Crippen LogP contribution in [0, 0.1) is 12.7 Å². The third-order valence-electron chi connectivity index (χ3n) is 5.61. The number of nitrogens with one attached hydrogen (secondary N) is 2. The van der Waals surface area contributed by atoms with Crippen LogP contribution in [0.15, 0.2) is 79.1 Å². The molecular weight excluding hydrogens is 433 g/mol. The van der Waals surface area contributed by atoms with E-state index < -0.39 is 11.7 Å². The lowest BCUT2D eigenvalue weighted by molar-refractivity contribution is 0.0984. The third kappa shape index (κ3) is 4.09. The Hall–Kier alpha value is -4.59. The number of nitrogens with zero attached hydrogens (tertiary/aromatic N) is 3. The largest absolute Gasteiger partial charge is 0.338 e. The second kappa shape index (κ2) is 8.74. The van der Waals surface area contributed by atoms with E-state index in [4.69, 9.17) is 0 Å². The maximum absolute atomic E-state index is 13.5. The Morgan fingerprint density at radius 3 is 2.71 bits per heavy atom. The molecule has 5 rings (SSSR count). The van der Waals surface area contributed by atoms with Crippen LogP contribution in [-0.2, 0) is 6.54 Å². The molecule has 0 atom stereocenters. The molecule has 2 amide bonds. The van der Waals surface area contributed by atoms with E-state index in [1.54, 1.807) is 36.2 Å². The minimum absolute atomic E-state index is 0.225. The van der Waals surface area contributed by atoms with Gasteiger partial charge in [0.05, 0.1) is 23.5 Å². The first-order valence-corrected chi connectivity index (χ1v) is 10.6. The van der Waals surface area contributed by atoms with Crippen LogP contribution in [0.2, 0.25) is 0 Å². The van der Waals surface area contributed by atoms with Crippen LogP contribution in [0.4, 0.5) is 27.4 Å². The van der Waals surface area contributed by atoms with Gasteiger partial charge >= 0.3 is 0 Å².